The zero-order chi connectivity index (χ0) is 18.0. The smallest absolute Gasteiger partial charge is 0.246 e. The van der Waals surface area contributed by atoms with E-state index in [9.17, 15) is 21.6 Å². The van der Waals surface area contributed by atoms with E-state index in [1.807, 2.05) is 4.72 Å². The minimum atomic E-state index is -4.41. The zero-order valence-corrected chi connectivity index (χ0v) is 13.3. The summed E-state index contributed by atoms with van der Waals surface area (Å²) in [5.41, 5.74) is 0.331. The van der Waals surface area contributed by atoms with Gasteiger partial charge in [-0.1, -0.05) is 18.2 Å². The Morgan fingerprint density at radius 1 is 1.04 bits per heavy atom. The lowest BCUT2D eigenvalue weighted by atomic mass is 10.2. The molecule has 0 saturated carbocycles. The van der Waals surface area contributed by atoms with Crippen LogP contribution in [-0.2, 0) is 16.6 Å². The van der Waals surface area contributed by atoms with E-state index in [0.29, 0.717) is 17.7 Å². The minimum Gasteiger partial charge on any atom is -0.246 e. The van der Waals surface area contributed by atoms with E-state index < -0.39 is 32.4 Å². The third-order valence-corrected chi connectivity index (χ3v) is 4.58. The van der Waals surface area contributed by atoms with Crippen LogP contribution in [0.15, 0.2) is 53.7 Å². The van der Waals surface area contributed by atoms with Gasteiger partial charge in [-0.05, 0) is 24.3 Å². The van der Waals surface area contributed by atoms with Crippen molar-refractivity contribution < 1.29 is 21.6 Å². The molecule has 1 heterocycles. The van der Waals surface area contributed by atoms with Gasteiger partial charge in [-0.2, -0.15) is 4.98 Å². The maximum absolute atomic E-state index is 13.6. The van der Waals surface area contributed by atoms with Crippen LogP contribution in [-0.4, -0.2) is 23.2 Å². The van der Waals surface area contributed by atoms with Gasteiger partial charge in [0, 0.05) is 5.56 Å². The first-order valence-electron chi connectivity index (χ1n) is 6.96. The second kappa shape index (κ2) is 6.55. The van der Waals surface area contributed by atoms with E-state index in [-0.39, 0.29) is 12.5 Å². The van der Waals surface area contributed by atoms with Crippen LogP contribution in [0.4, 0.5) is 19.1 Å². The van der Waals surface area contributed by atoms with E-state index in [2.05, 4.69) is 10.1 Å². The monoisotopic (exact) mass is 368 g/mol. The van der Waals surface area contributed by atoms with Gasteiger partial charge in [0.1, 0.15) is 28.7 Å². The Morgan fingerprint density at radius 2 is 1.80 bits per heavy atom. The summed E-state index contributed by atoms with van der Waals surface area (Å²) in [6, 6.07) is 8.06. The predicted octanol–water partition coefficient (Wildman–Crippen LogP) is 2.54. The van der Waals surface area contributed by atoms with E-state index >= 15 is 0 Å². The van der Waals surface area contributed by atoms with Crippen LogP contribution in [0, 0.1) is 17.5 Å². The van der Waals surface area contributed by atoms with E-state index in [4.69, 9.17) is 0 Å². The summed E-state index contributed by atoms with van der Waals surface area (Å²) < 4.78 is 67.8. The average Bonchev–Trinajstić information content (AvgIpc) is 2.98. The average molecular weight is 368 g/mol. The summed E-state index contributed by atoms with van der Waals surface area (Å²) in [6.07, 6.45) is 1.19. The summed E-state index contributed by atoms with van der Waals surface area (Å²) in [6.45, 7) is 0.0235. The molecular formula is C15H11F3N4O2S. The van der Waals surface area contributed by atoms with Gasteiger partial charge in [0.15, 0.2) is 0 Å². The number of sulfonamides is 1. The molecule has 0 unspecified atom stereocenters. The molecule has 6 nitrogen and oxygen atoms in total. The number of aromatic nitrogens is 3. The van der Waals surface area contributed by atoms with Crippen molar-refractivity contribution in [3.63, 3.8) is 0 Å². The van der Waals surface area contributed by atoms with Crippen LogP contribution in [0.1, 0.15) is 5.56 Å². The van der Waals surface area contributed by atoms with Crippen LogP contribution < -0.4 is 4.72 Å². The van der Waals surface area contributed by atoms with Gasteiger partial charge in [-0.15, -0.1) is 5.10 Å². The normalized spacial score (nSPS) is 11.5. The highest BCUT2D eigenvalue weighted by molar-refractivity contribution is 7.92. The summed E-state index contributed by atoms with van der Waals surface area (Å²) in [7, 11) is -4.41. The summed E-state index contributed by atoms with van der Waals surface area (Å²) >= 11 is 0. The highest BCUT2D eigenvalue weighted by Crippen LogP contribution is 2.18. The second-order valence-electron chi connectivity index (χ2n) is 5.04. The van der Waals surface area contributed by atoms with Crippen molar-refractivity contribution in [1.29, 1.82) is 0 Å². The molecular weight excluding hydrogens is 357 g/mol. The molecule has 0 amide bonds. The quantitative estimate of drug-likeness (QED) is 0.751. The number of nitrogens with one attached hydrogen (secondary N) is 1. The molecule has 0 saturated heterocycles. The van der Waals surface area contributed by atoms with Crippen LogP contribution in [0.25, 0.3) is 0 Å². The second-order valence-corrected chi connectivity index (χ2v) is 6.69. The Morgan fingerprint density at radius 3 is 2.56 bits per heavy atom. The fourth-order valence-corrected chi connectivity index (χ4v) is 3.11. The summed E-state index contributed by atoms with van der Waals surface area (Å²) in [4.78, 5) is 2.86. The van der Waals surface area contributed by atoms with Crippen LogP contribution >= 0.6 is 0 Å². The third-order valence-electron chi connectivity index (χ3n) is 3.24. The van der Waals surface area contributed by atoms with Crippen molar-refractivity contribution in [1.82, 2.24) is 14.8 Å². The first kappa shape index (κ1) is 17.0. The Kier molecular flexibility index (Phi) is 4.45. The summed E-state index contributed by atoms with van der Waals surface area (Å²) in [5, 5.41) is 3.84. The summed E-state index contributed by atoms with van der Waals surface area (Å²) in [5.74, 6) is -2.80. The van der Waals surface area contributed by atoms with Crippen LogP contribution in [0.3, 0.4) is 0 Å². The first-order valence-corrected chi connectivity index (χ1v) is 8.44. The topological polar surface area (TPSA) is 76.9 Å². The third kappa shape index (κ3) is 3.79. The van der Waals surface area contributed by atoms with Crippen molar-refractivity contribution in [3.05, 3.63) is 71.8 Å². The highest BCUT2D eigenvalue weighted by atomic mass is 32.2. The van der Waals surface area contributed by atoms with Crippen molar-refractivity contribution in [3.8, 4) is 0 Å². The van der Waals surface area contributed by atoms with E-state index in [0.717, 1.165) is 6.07 Å². The van der Waals surface area contributed by atoms with Crippen LogP contribution in [0.5, 0.6) is 0 Å². The largest absolute Gasteiger partial charge is 0.267 e. The molecule has 1 aromatic heterocycles. The maximum Gasteiger partial charge on any atom is 0.267 e. The molecule has 0 fully saturated rings. The van der Waals surface area contributed by atoms with Gasteiger partial charge in [-0.25, -0.2) is 31.0 Å². The fourth-order valence-electron chi connectivity index (χ4n) is 2.08. The molecule has 3 aromatic rings. The van der Waals surface area contributed by atoms with E-state index in [1.54, 1.807) is 12.1 Å². The van der Waals surface area contributed by atoms with Crippen molar-refractivity contribution in [2.24, 2.45) is 0 Å². The Bertz CT molecular complexity index is 1020. The highest BCUT2D eigenvalue weighted by Gasteiger charge is 2.21. The van der Waals surface area contributed by atoms with Crippen molar-refractivity contribution in [2.45, 2.75) is 11.4 Å². The number of anilines is 1. The van der Waals surface area contributed by atoms with E-state index in [1.165, 1.54) is 23.1 Å². The molecule has 0 spiro atoms. The molecule has 130 valence electrons. The predicted molar refractivity (Wildman–Crippen MR) is 82.7 cm³/mol. The number of hydrogen-bond acceptors (Lipinski definition) is 4. The Balaban J connectivity index is 1.81. The number of benzene rings is 2. The lowest BCUT2D eigenvalue weighted by Crippen LogP contribution is -2.16. The van der Waals surface area contributed by atoms with Gasteiger partial charge in [-0.3, -0.25) is 0 Å². The fraction of sp³-hybridized carbons (Fsp3) is 0.0667. The molecule has 3 rings (SSSR count). The van der Waals surface area contributed by atoms with Crippen molar-refractivity contribution in [2.75, 3.05) is 4.72 Å². The SMILES string of the molecule is O=S(=O)(Nc1ncn(Cc2ccccc2F)n1)c1cc(F)ccc1F. The molecule has 25 heavy (non-hydrogen) atoms. The van der Waals surface area contributed by atoms with Gasteiger partial charge >= 0.3 is 0 Å². The standard InChI is InChI=1S/C15H11F3N4O2S/c16-11-5-6-13(18)14(7-11)25(23,24)21-15-19-9-22(20-15)8-10-3-1-2-4-12(10)17/h1-7,9H,8H2,(H,20,21). The Labute approximate surface area is 141 Å². The lowest BCUT2D eigenvalue weighted by molar-refractivity contribution is 0.555. The zero-order valence-electron chi connectivity index (χ0n) is 12.5. The maximum atomic E-state index is 13.6. The van der Waals surface area contributed by atoms with Gasteiger partial charge < -0.3 is 0 Å². The molecule has 2 aromatic carbocycles. The number of nitrogens with zero attached hydrogens (tertiary/aromatic N) is 3. The minimum absolute atomic E-state index is 0.0235. The molecule has 0 radical (unpaired) electrons. The molecule has 0 atom stereocenters. The van der Waals surface area contributed by atoms with Gasteiger partial charge in [0.2, 0.25) is 0 Å². The lowest BCUT2D eigenvalue weighted by Gasteiger charge is -2.06. The molecule has 0 aliphatic heterocycles. The molecule has 0 aliphatic carbocycles. The number of hydrogen-bond donors (Lipinski definition) is 1. The number of rotatable bonds is 5. The number of halogens is 3. The Hall–Kier alpha value is -2.88. The van der Waals surface area contributed by atoms with Crippen LogP contribution in [0.2, 0.25) is 0 Å². The van der Waals surface area contributed by atoms with Gasteiger partial charge in [0.05, 0.1) is 6.54 Å². The molecule has 0 aliphatic rings. The first-order chi connectivity index (χ1) is 11.8. The molecule has 1 N–H and O–H groups in total. The molecule has 10 heteroatoms. The van der Waals surface area contributed by atoms with Gasteiger partial charge in [0.25, 0.3) is 16.0 Å². The van der Waals surface area contributed by atoms with Crippen molar-refractivity contribution >= 4 is 16.0 Å². The molecule has 0 bridgehead atoms.